The van der Waals surface area contributed by atoms with Gasteiger partial charge in [-0.1, -0.05) is 16.5 Å². The van der Waals surface area contributed by atoms with E-state index < -0.39 is 0 Å². The molecule has 4 aromatic heterocycles. The lowest BCUT2D eigenvalue weighted by Crippen LogP contribution is -2.30. The third-order valence-electron chi connectivity index (χ3n) is 4.82. The zero-order valence-electron chi connectivity index (χ0n) is 16.3. The Morgan fingerprint density at radius 1 is 1.00 bits per heavy atom. The first-order valence-corrected chi connectivity index (χ1v) is 9.36. The minimum Gasteiger partial charge on any atom is -0.267 e. The molecule has 0 bridgehead atoms. The molecule has 5 aromatic rings. The summed E-state index contributed by atoms with van der Waals surface area (Å²) in [6.07, 6.45) is 4.62. The van der Waals surface area contributed by atoms with E-state index in [-0.39, 0.29) is 23.7 Å². The van der Waals surface area contributed by atoms with Crippen LogP contribution in [0.25, 0.3) is 21.8 Å². The van der Waals surface area contributed by atoms with Gasteiger partial charge in [0, 0.05) is 12.4 Å². The molecule has 0 fully saturated rings. The first kappa shape index (κ1) is 18.6. The first-order chi connectivity index (χ1) is 15.1. The summed E-state index contributed by atoms with van der Waals surface area (Å²) in [6.45, 7) is 2.32. The number of pyridine rings is 1. The van der Waals surface area contributed by atoms with E-state index in [0.29, 0.717) is 28.4 Å². The van der Waals surface area contributed by atoms with Crippen molar-refractivity contribution in [3.8, 4) is 0 Å². The van der Waals surface area contributed by atoms with E-state index in [9.17, 15) is 9.59 Å². The van der Waals surface area contributed by atoms with Crippen LogP contribution in [-0.4, -0.2) is 55.2 Å². The maximum Gasteiger partial charge on any atom is 0.277 e. The zero-order chi connectivity index (χ0) is 21.4. The molecule has 13 nitrogen and oxygen atoms in total. The summed E-state index contributed by atoms with van der Waals surface area (Å²) >= 11 is 0. The van der Waals surface area contributed by atoms with E-state index >= 15 is 0 Å². The summed E-state index contributed by atoms with van der Waals surface area (Å²) in [7, 11) is 0. The summed E-state index contributed by atoms with van der Waals surface area (Å²) in [5.41, 5.74) is 0.728. The van der Waals surface area contributed by atoms with Crippen LogP contribution in [0.1, 0.15) is 18.5 Å². The fourth-order valence-corrected chi connectivity index (χ4v) is 3.27. The third kappa shape index (κ3) is 3.41. The Morgan fingerprint density at radius 3 is 2.48 bits per heavy atom. The van der Waals surface area contributed by atoms with Gasteiger partial charge in [0.15, 0.2) is 6.33 Å². The van der Waals surface area contributed by atoms with Crippen LogP contribution < -0.4 is 11.1 Å². The second kappa shape index (κ2) is 7.44. The molecule has 0 saturated heterocycles. The molecular formula is C18H15N11O2. The van der Waals surface area contributed by atoms with Gasteiger partial charge in [-0.2, -0.15) is 4.80 Å². The highest BCUT2D eigenvalue weighted by Gasteiger charge is 2.16. The number of hydrogen-bond acceptors (Lipinski definition) is 10. The van der Waals surface area contributed by atoms with Crippen molar-refractivity contribution in [1.29, 1.82) is 0 Å². The molecule has 0 saturated carbocycles. The van der Waals surface area contributed by atoms with Crippen LogP contribution in [0.3, 0.4) is 0 Å². The molecule has 31 heavy (non-hydrogen) atoms. The SMILES string of the molecule is C[C@H](Cn1ncnn1)n1nnc2cc3c(=O)n(Cc4cccnc4)nnc3cc2c1=O. The molecule has 5 rings (SSSR count). The minimum absolute atomic E-state index is 0.231. The Hall–Kier alpha value is -4.42. The van der Waals surface area contributed by atoms with Crippen molar-refractivity contribution >= 4 is 21.8 Å². The number of aromatic nitrogens is 11. The topological polar surface area (TPSA) is 152 Å². The van der Waals surface area contributed by atoms with Gasteiger partial charge in [-0.3, -0.25) is 14.6 Å². The van der Waals surface area contributed by atoms with Gasteiger partial charge in [-0.15, -0.1) is 20.4 Å². The highest BCUT2D eigenvalue weighted by molar-refractivity contribution is 5.93. The molecular weight excluding hydrogens is 402 g/mol. The quantitative estimate of drug-likeness (QED) is 0.345. The van der Waals surface area contributed by atoms with Crippen LogP contribution in [0.15, 0.2) is 52.6 Å². The van der Waals surface area contributed by atoms with Crippen LogP contribution in [0.2, 0.25) is 0 Å². The van der Waals surface area contributed by atoms with Crippen LogP contribution >= 0.6 is 0 Å². The smallest absolute Gasteiger partial charge is 0.267 e. The second-order valence-corrected chi connectivity index (χ2v) is 6.98. The standard InChI is InChI=1S/C18H15N11O2/c1-11(8-28-21-10-20-24-28)29-18(31)14-6-15-13(5-16(14)23-26-29)17(30)27(25-22-15)9-12-3-2-4-19-7-12/h2-7,10-11H,8-9H2,1H3/t11-/m1/s1. The van der Waals surface area contributed by atoms with Gasteiger partial charge in [0.05, 0.1) is 29.9 Å². The number of rotatable bonds is 5. The second-order valence-electron chi connectivity index (χ2n) is 6.98. The zero-order valence-corrected chi connectivity index (χ0v) is 16.3. The molecule has 0 amide bonds. The van der Waals surface area contributed by atoms with Crippen molar-refractivity contribution < 1.29 is 0 Å². The van der Waals surface area contributed by atoms with Crippen molar-refractivity contribution in [3.05, 3.63) is 69.3 Å². The lowest BCUT2D eigenvalue weighted by molar-refractivity contribution is 0.354. The maximum absolute atomic E-state index is 13.0. The summed E-state index contributed by atoms with van der Waals surface area (Å²) < 4.78 is 2.49. The highest BCUT2D eigenvalue weighted by atomic mass is 16.1. The van der Waals surface area contributed by atoms with Crippen molar-refractivity contribution in [1.82, 2.24) is 55.2 Å². The number of hydrogen-bond donors (Lipinski definition) is 0. The lowest BCUT2D eigenvalue weighted by atomic mass is 10.2. The molecule has 0 unspecified atom stereocenters. The predicted molar refractivity (Wildman–Crippen MR) is 107 cm³/mol. The molecule has 0 aliphatic carbocycles. The summed E-state index contributed by atoms with van der Waals surface area (Å²) in [4.78, 5) is 31.3. The maximum atomic E-state index is 13.0. The largest absolute Gasteiger partial charge is 0.277 e. The van der Waals surface area contributed by atoms with Crippen LogP contribution in [0.4, 0.5) is 0 Å². The van der Waals surface area contributed by atoms with Gasteiger partial charge < -0.3 is 0 Å². The minimum atomic E-state index is -0.368. The molecule has 0 aliphatic heterocycles. The van der Waals surface area contributed by atoms with Crippen LogP contribution in [0.5, 0.6) is 0 Å². The Labute approximate surface area is 173 Å². The van der Waals surface area contributed by atoms with Crippen molar-refractivity contribution in [2.24, 2.45) is 0 Å². The molecule has 13 heteroatoms. The number of fused-ring (bicyclic) bond motifs is 2. The van der Waals surface area contributed by atoms with E-state index in [1.165, 1.54) is 32.6 Å². The van der Waals surface area contributed by atoms with Crippen LogP contribution in [0, 0.1) is 0 Å². The number of benzene rings is 1. The average Bonchev–Trinajstić information content (AvgIpc) is 3.29. The molecule has 0 spiro atoms. The Morgan fingerprint density at radius 2 is 1.77 bits per heavy atom. The van der Waals surface area contributed by atoms with E-state index in [4.69, 9.17) is 0 Å². The normalized spacial score (nSPS) is 12.4. The Balaban J connectivity index is 1.56. The van der Waals surface area contributed by atoms with E-state index in [1.807, 2.05) is 6.07 Å². The van der Waals surface area contributed by atoms with Crippen molar-refractivity contribution in [2.75, 3.05) is 0 Å². The molecule has 0 N–H and O–H groups in total. The first-order valence-electron chi connectivity index (χ1n) is 9.36. The van der Waals surface area contributed by atoms with Gasteiger partial charge in [-0.05, 0) is 35.9 Å². The highest BCUT2D eigenvalue weighted by Crippen LogP contribution is 2.15. The van der Waals surface area contributed by atoms with Gasteiger partial charge >= 0.3 is 0 Å². The van der Waals surface area contributed by atoms with Crippen molar-refractivity contribution in [2.45, 2.75) is 26.1 Å². The van der Waals surface area contributed by atoms with Gasteiger partial charge in [0.2, 0.25) is 0 Å². The average molecular weight is 417 g/mol. The van der Waals surface area contributed by atoms with E-state index in [1.54, 1.807) is 25.4 Å². The summed E-state index contributed by atoms with van der Waals surface area (Å²) in [5.74, 6) is 0. The predicted octanol–water partition coefficient (Wildman–Crippen LogP) is -0.413. The van der Waals surface area contributed by atoms with E-state index in [0.717, 1.165) is 5.56 Å². The molecule has 4 heterocycles. The molecule has 0 radical (unpaired) electrons. The van der Waals surface area contributed by atoms with Gasteiger partial charge in [0.1, 0.15) is 11.0 Å². The van der Waals surface area contributed by atoms with Crippen LogP contribution in [-0.2, 0) is 13.1 Å². The van der Waals surface area contributed by atoms with Gasteiger partial charge in [-0.25, -0.2) is 9.36 Å². The van der Waals surface area contributed by atoms with E-state index in [2.05, 4.69) is 41.0 Å². The fourth-order valence-electron chi connectivity index (χ4n) is 3.27. The molecule has 1 atom stereocenters. The Bertz CT molecular complexity index is 1490. The fraction of sp³-hybridized carbons (Fsp3) is 0.222. The Kier molecular flexibility index (Phi) is 4.46. The monoisotopic (exact) mass is 417 g/mol. The molecule has 0 aliphatic rings. The number of nitrogens with zero attached hydrogens (tertiary/aromatic N) is 11. The lowest BCUT2D eigenvalue weighted by Gasteiger charge is -2.12. The summed E-state index contributed by atoms with van der Waals surface area (Å²) in [6, 6.07) is 6.29. The number of tetrazole rings is 1. The van der Waals surface area contributed by atoms with Gasteiger partial charge in [0.25, 0.3) is 11.1 Å². The van der Waals surface area contributed by atoms with Crippen molar-refractivity contribution in [3.63, 3.8) is 0 Å². The molecule has 1 aromatic carbocycles. The summed E-state index contributed by atoms with van der Waals surface area (Å²) in [5, 5.41) is 28.3. The molecule has 154 valence electrons. The third-order valence-corrected chi connectivity index (χ3v) is 4.82.